The molecule has 1 N–H and O–H groups in total. The average Bonchev–Trinajstić information content (AvgIpc) is 3.21. The molecule has 0 amide bonds. The first-order valence-corrected chi connectivity index (χ1v) is 31.2. The second-order valence-electron chi connectivity index (χ2n) is 22.1. The molecule has 3 aromatic carbocycles. The van der Waals surface area contributed by atoms with Crippen molar-refractivity contribution < 1.29 is 32.6 Å². The van der Waals surface area contributed by atoms with Crippen LogP contribution in [0.15, 0.2) is 36.4 Å². The molecule has 3 aliphatic rings. The van der Waals surface area contributed by atoms with Gasteiger partial charge in [0.2, 0.25) is 0 Å². The van der Waals surface area contributed by atoms with Crippen LogP contribution in [0.5, 0.6) is 34.5 Å². The van der Waals surface area contributed by atoms with Gasteiger partial charge in [-0.15, -0.1) is 0 Å². The summed E-state index contributed by atoms with van der Waals surface area (Å²) < 4.78 is 42.2. The van der Waals surface area contributed by atoms with Crippen molar-refractivity contribution in [2.75, 3.05) is 21.3 Å². The number of ether oxygens (including phenoxy) is 3. The predicted molar refractivity (Wildman–Crippen MR) is 276 cm³/mol. The van der Waals surface area contributed by atoms with Crippen LogP contribution in [0, 0.1) is 0 Å². The molecule has 6 rings (SSSR count). The van der Waals surface area contributed by atoms with Crippen molar-refractivity contribution in [1.82, 2.24) is 0 Å². The van der Waals surface area contributed by atoms with Gasteiger partial charge in [0, 0.05) is 40.3 Å². The molecular formula is C54H88O7Si3. The van der Waals surface area contributed by atoms with E-state index in [1.807, 2.05) is 18.2 Å². The molecule has 3 aromatic rings. The molecule has 0 heterocycles. The number of rotatable bonds is 21. The van der Waals surface area contributed by atoms with E-state index >= 15 is 0 Å². The van der Waals surface area contributed by atoms with Crippen molar-refractivity contribution >= 4 is 25.0 Å². The Morgan fingerprint density at radius 1 is 0.422 bits per heavy atom. The highest BCUT2D eigenvalue weighted by atomic mass is 28.4. The molecule has 64 heavy (non-hydrogen) atoms. The highest BCUT2D eigenvalue weighted by Gasteiger charge is 2.63. The SMILES string of the molecule is CCCCC12c3cc(O[Si](C(C)C)(C(C)C)C(C)C)cc(OC)c3C(O)(c3c(OC)cc(O[Si](C(C)C)(C(C)C)C(C)C)cc31)c1c(OC)cc(O[Si](C(C)C)(C(C)C)C(C)C)cc12. The Hall–Kier alpha value is -2.93. The van der Waals surface area contributed by atoms with Crippen LogP contribution in [-0.2, 0) is 11.0 Å². The molecule has 0 saturated heterocycles. The molecule has 0 fully saturated rings. The van der Waals surface area contributed by atoms with Gasteiger partial charge < -0.3 is 32.6 Å². The minimum absolute atomic E-state index is 0.359. The molecule has 7 nitrogen and oxygen atoms in total. The van der Waals surface area contributed by atoms with E-state index in [9.17, 15) is 5.11 Å². The van der Waals surface area contributed by atoms with Crippen LogP contribution in [0.25, 0.3) is 0 Å². The van der Waals surface area contributed by atoms with E-state index < -0.39 is 36.0 Å². The van der Waals surface area contributed by atoms with Gasteiger partial charge in [-0.1, -0.05) is 144 Å². The number of aliphatic hydroxyl groups is 1. The third kappa shape index (κ3) is 7.68. The minimum atomic E-state index is -2.44. The molecule has 0 aliphatic heterocycles. The molecular weight excluding hydrogens is 845 g/mol. The van der Waals surface area contributed by atoms with E-state index in [1.54, 1.807) is 21.3 Å². The highest BCUT2D eigenvalue weighted by molar-refractivity contribution is 6.79. The van der Waals surface area contributed by atoms with E-state index in [0.717, 1.165) is 53.2 Å². The first-order chi connectivity index (χ1) is 29.8. The first kappa shape index (κ1) is 52.0. The van der Waals surface area contributed by atoms with Gasteiger partial charge in [-0.25, -0.2) is 0 Å². The van der Waals surface area contributed by atoms with Crippen molar-refractivity contribution in [2.45, 2.75) is 212 Å². The summed E-state index contributed by atoms with van der Waals surface area (Å²) in [6.45, 7) is 44.1. The van der Waals surface area contributed by atoms with Gasteiger partial charge in [-0.3, -0.25) is 0 Å². The minimum Gasteiger partial charge on any atom is -0.543 e. The van der Waals surface area contributed by atoms with Crippen LogP contribution < -0.4 is 27.5 Å². The van der Waals surface area contributed by atoms with Crippen LogP contribution in [0.2, 0.25) is 49.9 Å². The maximum Gasteiger partial charge on any atom is 0.258 e. The molecule has 0 spiro atoms. The lowest BCUT2D eigenvalue weighted by atomic mass is 9.49. The lowest BCUT2D eigenvalue weighted by molar-refractivity contribution is 0.0945. The average molecular weight is 934 g/mol. The summed E-state index contributed by atoms with van der Waals surface area (Å²) in [5.74, 6) is 4.16. The largest absolute Gasteiger partial charge is 0.543 e. The van der Waals surface area contributed by atoms with Gasteiger partial charge in [0.1, 0.15) is 34.5 Å². The number of methoxy groups -OCH3 is 3. The lowest BCUT2D eigenvalue weighted by Crippen LogP contribution is -2.53. The molecule has 10 heteroatoms. The third-order valence-electron chi connectivity index (χ3n) is 16.3. The predicted octanol–water partition coefficient (Wildman–Crippen LogP) is 15.8. The summed E-state index contributed by atoms with van der Waals surface area (Å²) in [5, 5.41) is 14.4. The Morgan fingerprint density at radius 2 is 0.656 bits per heavy atom. The van der Waals surface area contributed by atoms with Gasteiger partial charge in [-0.2, -0.15) is 0 Å². The van der Waals surface area contributed by atoms with Crippen molar-refractivity contribution in [3.8, 4) is 34.5 Å². The maximum atomic E-state index is 14.4. The van der Waals surface area contributed by atoms with Crippen molar-refractivity contribution in [1.29, 1.82) is 0 Å². The van der Waals surface area contributed by atoms with Crippen LogP contribution in [0.4, 0.5) is 0 Å². The Balaban J connectivity index is 2.05. The Kier molecular flexibility index (Phi) is 15.4. The maximum absolute atomic E-state index is 14.4. The lowest BCUT2D eigenvalue weighted by Gasteiger charge is -2.56. The number of hydrogen-bond acceptors (Lipinski definition) is 7. The van der Waals surface area contributed by atoms with E-state index in [4.69, 9.17) is 27.5 Å². The summed E-state index contributed by atoms with van der Waals surface area (Å²) in [5.41, 5.74) is 5.83. The highest BCUT2D eigenvalue weighted by Crippen LogP contribution is 2.69. The van der Waals surface area contributed by atoms with E-state index in [2.05, 4.69) is 150 Å². The second kappa shape index (κ2) is 19.0. The van der Waals surface area contributed by atoms with Gasteiger partial charge in [0.15, 0.2) is 5.60 Å². The topological polar surface area (TPSA) is 75.6 Å². The Labute approximate surface area is 393 Å². The van der Waals surface area contributed by atoms with Gasteiger partial charge >= 0.3 is 0 Å². The van der Waals surface area contributed by atoms with Crippen LogP contribution in [-0.4, -0.2) is 51.4 Å². The summed E-state index contributed by atoms with van der Waals surface area (Å²) in [4.78, 5) is 0. The van der Waals surface area contributed by atoms with Crippen molar-refractivity contribution in [3.63, 3.8) is 0 Å². The molecule has 0 unspecified atom stereocenters. The molecule has 2 bridgehead atoms. The number of hydrogen-bond donors (Lipinski definition) is 1. The molecule has 0 atom stereocenters. The monoisotopic (exact) mass is 933 g/mol. The fraction of sp³-hybridized carbons (Fsp3) is 0.667. The first-order valence-electron chi connectivity index (χ1n) is 24.8. The van der Waals surface area contributed by atoms with Gasteiger partial charge in [-0.05, 0) is 91.2 Å². The fourth-order valence-electron chi connectivity index (χ4n) is 13.9. The zero-order valence-electron chi connectivity index (χ0n) is 44.2. The molecule has 3 aliphatic carbocycles. The Bertz CT molecular complexity index is 1820. The van der Waals surface area contributed by atoms with Crippen molar-refractivity contribution in [2.24, 2.45) is 0 Å². The summed E-state index contributed by atoms with van der Waals surface area (Å²) in [7, 11) is -2.16. The zero-order valence-corrected chi connectivity index (χ0v) is 47.2. The van der Waals surface area contributed by atoms with E-state index in [0.29, 0.717) is 83.8 Å². The quantitative estimate of drug-likeness (QED) is 0.107. The zero-order chi connectivity index (χ0) is 48.2. The molecule has 0 radical (unpaired) electrons. The van der Waals surface area contributed by atoms with E-state index in [1.165, 1.54) is 0 Å². The standard InChI is InChI=1S/C54H88O7Si3/c1-23-24-25-53-44-26-41(59-62(32(2)3,33(4)5)34(6)7)29-47(56-20)50(44)54(55,51-45(53)27-42(30-48(51)57-21)60-63(35(8)9,36(10)11)37(12)13)52-46(53)28-43(31-49(52)58-22)61-64(38(14)15,39(16)17)40(18)19/h26-40,55H,23-25H2,1-22H3. The number of benzene rings is 3. The van der Waals surface area contributed by atoms with Crippen LogP contribution >= 0.6 is 0 Å². The van der Waals surface area contributed by atoms with E-state index in [-0.39, 0.29) is 0 Å². The smallest absolute Gasteiger partial charge is 0.258 e. The van der Waals surface area contributed by atoms with Gasteiger partial charge in [0.25, 0.3) is 25.0 Å². The molecule has 358 valence electrons. The summed E-state index contributed by atoms with van der Waals surface area (Å²) >= 11 is 0. The summed E-state index contributed by atoms with van der Waals surface area (Å²) in [6.07, 6.45) is 2.64. The number of unbranched alkanes of at least 4 members (excludes halogenated alkanes) is 1. The molecule has 0 saturated carbocycles. The summed E-state index contributed by atoms with van der Waals surface area (Å²) in [6, 6.07) is 12.9. The van der Waals surface area contributed by atoms with Gasteiger partial charge in [0.05, 0.1) is 21.3 Å². The third-order valence-corrected chi connectivity index (χ3v) is 34.3. The normalized spacial score (nSPS) is 18.6. The van der Waals surface area contributed by atoms with Crippen LogP contribution in [0.3, 0.4) is 0 Å². The Morgan fingerprint density at radius 3 is 0.844 bits per heavy atom. The molecule has 0 aromatic heterocycles. The fourth-order valence-corrected chi connectivity index (χ4v) is 29.6. The second-order valence-corrected chi connectivity index (χ2v) is 38.2. The van der Waals surface area contributed by atoms with Crippen molar-refractivity contribution in [3.05, 3.63) is 69.8 Å². The van der Waals surface area contributed by atoms with Crippen LogP contribution in [0.1, 0.15) is 184 Å².